The van der Waals surface area contributed by atoms with E-state index >= 15 is 0 Å². The standard InChI is InChI=1S/C52H72N2O5/c1-3-43-35-39-45(40-36-43)27-21-17-13-9-5-7-11-15-19-23-29-47-31-25-33-49(51(47)53(55)56)59-50-34-26-32-48(52(50)54(57)58)30-24-20-16-12-8-6-10-14-18-22-28-46-41-37-44(4-2)38-42-46/h25-26,31-42H,3-24,27-30H2,1-2H3. The van der Waals surface area contributed by atoms with Crippen LogP contribution in [0.3, 0.4) is 0 Å². The normalized spacial score (nSPS) is 11.2. The molecule has 59 heavy (non-hydrogen) atoms. The second kappa shape index (κ2) is 28.0. The number of nitrogens with zero attached hydrogens (tertiary/aromatic N) is 2. The summed E-state index contributed by atoms with van der Waals surface area (Å²) in [5.41, 5.74) is 6.73. The average molecular weight is 805 g/mol. The van der Waals surface area contributed by atoms with Gasteiger partial charge in [0.25, 0.3) is 0 Å². The van der Waals surface area contributed by atoms with E-state index in [0.29, 0.717) is 24.0 Å². The first-order valence-electron chi connectivity index (χ1n) is 23.3. The Kier molecular flexibility index (Phi) is 22.4. The van der Waals surface area contributed by atoms with E-state index in [1.54, 1.807) is 36.4 Å². The van der Waals surface area contributed by atoms with E-state index in [-0.39, 0.29) is 22.9 Å². The quantitative estimate of drug-likeness (QED) is 0.0278. The average Bonchev–Trinajstić information content (AvgIpc) is 3.24. The number of rotatable bonds is 32. The van der Waals surface area contributed by atoms with E-state index in [0.717, 1.165) is 51.4 Å². The molecule has 0 saturated heterocycles. The third-order valence-electron chi connectivity index (χ3n) is 11.9. The maximum absolute atomic E-state index is 12.3. The van der Waals surface area contributed by atoms with Gasteiger partial charge in [-0.05, 0) is 98.6 Å². The van der Waals surface area contributed by atoms with Crippen molar-refractivity contribution in [1.82, 2.24) is 0 Å². The molecule has 0 fully saturated rings. The molecule has 320 valence electrons. The molecule has 0 aromatic heterocycles. The summed E-state index contributed by atoms with van der Waals surface area (Å²) in [6.45, 7) is 4.39. The number of hydrogen-bond acceptors (Lipinski definition) is 5. The van der Waals surface area contributed by atoms with Crippen molar-refractivity contribution in [2.75, 3.05) is 0 Å². The highest BCUT2D eigenvalue weighted by Gasteiger charge is 2.26. The van der Waals surface area contributed by atoms with Crippen molar-refractivity contribution in [3.05, 3.63) is 139 Å². The molecule has 0 unspecified atom stereocenters. The predicted octanol–water partition coefficient (Wildman–Crippen LogP) is 15.8. The number of para-hydroxylation sites is 2. The second-order valence-electron chi connectivity index (χ2n) is 16.6. The second-order valence-corrected chi connectivity index (χ2v) is 16.6. The van der Waals surface area contributed by atoms with Crippen LogP contribution in [0.5, 0.6) is 11.5 Å². The van der Waals surface area contributed by atoms with Gasteiger partial charge in [0.2, 0.25) is 11.5 Å². The van der Waals surface area contributed by atoms with Crippen LogP contribution in [0, 0.1) is 20.2 Å². The van der Waals surface area contributed by atoms with Gasteiger partial charge in [0.15, 0.2) is 0 Å². The lowest BCUT2D eigenvalue weighted by molar-refractivity contribution is -0.388. The van der Waals surface area contributed by atoms with Gasteiger partial charge in [-0.1, -0.05) is 189 Å². The maximum Gasteiger partial charge on any atom is 0.314 e. The fourth-order valence-electron chi connectivity index (χ4n) is 8.24. The number of ether oxygens (including phenoxy) is 1. The van der Waals surface area contributed by atoms with Gasteiger partial charge in [0, 0.05) is 11.1 Å². The number of nitro groups is 2. The van der Waals surface area contributed by atoms with Gasteiger partial charge in [0.05, 0.1) is 9.85 Å². The van der Waals surface area contributed by atoms with Crippen molar-refractivity contribution in [2.24, 2.45) is 0 Å². The highest BCUT2D eigenvalue weighted by molar-refractivity contribution is 5.59. The van der Waals surface area contributed by atoms with Crippen LogP contribution >= 0.6 is 0 Å². The van der Waals surface area contributed by atoms with Crippen LogP contribution in [-0.2, 0) is 38.5 Å². The molecule has 0 N–H and O–H groups in total. The summed E-state index contributed by atoms with van der Waals surface area (Å²) >= 11 is 0. The molecule has 4 aromatic rings. The smallest absolute Gasteiger partial charge is 0.314 e. The molecular weight excluding hydrogens is 733 g/mol. The number of nitro benzene ring substituents is 2. The third-order valence-corrected chi connectivity index (χ3v) is 11.9. The van der Waals surface area contributed by atoms with E-state index < -0.39 is 9.85 Å². The zero-order valence-corrected chi connectivity index (χ0v) is 36.4. The van der Waals surface area contributed by atoms with Crippen LogP contribution in [0.25, 0.3) is 0 Å². The molecule has 0 saturated carbocycles. The van der Waals surface area contributed by atoms with Crippen molar-refractivity contribution in [3.8, 4) is 11.5 Å². The summed E-state index contributed by atoms with van der Waals surface area (Å²) in [6.07, 6.45) is 29.2. The van der Waals surface area contributed by atoms with Crippen LogP contribution in [0.2, 0.25) is 0 Å². The summed E-state index contributed by atoms with van der Waals surface area (Å²) in [5.74, 6) is 0.118. The Balaban J connectivity index is 1.10. The molecule has 0 aliphatic carbocycles. The molecule has 7 heteroatoms. The Labute approximate surface area is 355 Å². The number of hydrogen-bond donors (Lipinski definition) is 0. The number of aryl methyl sites for hydroxylation is 6. The zero-order chi connectivity index (χ0) is 41.9. The minimum absolute atomic E-state index is 0.0591. The van der Waals surface area contributed by atoms with Crippen molar-refractivity contribution in [3.63, 3.8) is 0 Å². The fraction of sp³-hybridized carbons (Fsp3) is 0.538. The van der Waals surface area contributed by atoms with E-state index in [2.05, 4.69) is 62.4 Å². The highest BCUT2D eigenvalue weighted by Crippen LogP contribution is 2.40. The van der Waals surface area contributed by atoms with Crippen molar-refractivity contribution < 1.29 is 14.6 Å². The lowest BCUT2D eigenvalue weighted by atomic mass is 10.0. The third kappa shape index (κ3) is 17.7. The largest absolute Gasteiger partial charge is 0.443 e. The fourth-order valence-corrected chi connectivity index (χ4v) is 8.24. The Bertz CT molecular complexity index is 1660. The monoisotopic (exact) mass is 805 g/mol. The first-order valence-corrected chi connectivity index (χ1v) is 23.3. The molecule has 0 aliphatic rings. The first kappa shape index (κ1) is 47.2. The van der Waals surface area contributed by atoms with Gasteiger partial charge in [0.1, 0.15) is 0 Å². The highest BCUT2D eigenvalue weighted by atomic mass is 16.6. The Morgan fingerprint density at radius 3 is 0.932 bits per heavy atom. The molecule has 0 atom stereocenters. The van der Waals surface area contributed by atoms with E-state index in [9.17, 15) is 20.2 Å². The molecule has 0 spiro atoms. The predicted molar refractivity (Wildman–Crippen MR) is 245 cm³/mol. The summed E-state index contributed by atoms with van der Waals surface area (Å²) in [4.78, 5) is 23.8. The minimum Gasteiger partial charge on any atom is -0.443 e. The lowest BCUT2D eigenvalue weighted by Gasteiger charge is -2.12. The maximum atomic E-state index is 12.3. The van der Waals surface area contributed by atoms with Crippen LogP contribution < -0.4 is 4.74 Å². The molecule has 4 aromatic carbocycles. The molecule has 0 amide bonds. The molecule has 0 aliphatic heterocycles. The minimum atomic E-state index is -0.407. The number of unbranched alkanes of at least 4 members (excludes halogenated alkanes) is 18. The van der Waals surface area contributed by atoms with Gasteiger partial charge >= 0.3 is 11.4 Å². The van der Waals surface area contributed by atoms with Gasteiger partial charge in [-0.2, -0.15) is 0 Å². The summed E-state index contributed by atoms with van der Waals surface area (Å²) in [6, 6.07) is 28.3. The van der Waals surface area contributed by atoms with Gasteiger partial charge < -0.3 is 4.74 Å². The van der Waals surface area contributed by atoms with E-state index in [1.807, 2.05) is 0 Å². The number of benzene rings is 4. The molecule has 4 rings (SSSR count). The zero-order valence-electron chi connectivity index (χ0n) is 36.4. The van der Waals surface area contributed by atoms with Crippen LogP contribution in [-0.4, -0.2) is 9.85 Å². The molecule has 0 radical (unpaired) electrons. The molecular formula is C52H72N2O5. The van der Waals surface area contributed by atoms with Gasteiger partial charge in [-0.3, -0.25) is 20.2 Å². The molecule has 0 heterocycles. The topological polar surface area (TPSA) is 95.5 Å². The lowest BCUT2D eigenvalue weighted by Crippen LogP contribution is -2.02. The summed E-state index contributed by atoms with van der Waals surface area (Å²) in [7, 11) is 0. The van der Waals surface area contributed by atoms with E-state index in [4.69, 9.17) is 4.74 Å². The first-order chi connectivity index (χ1) is 28.9. The van der Waals surface area contributed by atoms with Crippen molar-refractivity contribution in [1.29, 1.82) is 0 Å². The van der Waals surface area contributed by atoms with E-state index in [1.165, 1.54) is 125 Å². The Morgan fingerprint density at radius 1 is 0.373 bits per heavy atom. The van der Waals surface area contributed by atoms with Gasteiger partial charge in [-0.15, -0.1) is 0 Å². The molecule has 7 nitrogen and oxygen atoms in total. The van der Waals surface area contributed by atoms with Crippen molar-refractivity contribution in [2.45, 2.75) is 181 Å². The summed E-state index contributed by atoms with van der Waals surface area (Å²) < 4.78 is 6.04. The van der Waals surface area contributed by atoms with Gasteiger partial charge in [-0.25, -0.2) is 0 Å². The Morgan fingerprint density at radius 2 is 0.644 bits per heavy atom. The summed E-state index contributed by atoms with van der Waals surface area (Å²) in [5, 5.41) is 24.6. The Hall–Kier alpha value is -4.52. The van der Waals surface area contributed by atoms with Crippen LogP contribution in [0.4, 0.5) is 11.4 Å². The van der Waals surface area contributed by atoms with Crippen molar-refractivity contribution >= 4 is 11.4 Å². The SMILES string of the molecule is CCc1ccc(CCCCCCCCCCCCc2cccc(Oc3cccc(CCCCCCCCCCCCc4ccc(CC)cc4)c3[N+](=O)[O-])c2[N+](=O)[O-])cc1. The molecule has 0 bridgehead atoms. The van der Waals surface area contributed by atoms with Crippen LogP contribution in [0.15, 0.2) is 84.9 Å². The van der Waals surface area contributed by atoms with Crippen LogP contribution in [0.1, 0.15) is 176 Å².